The van der Waals surface area contributed by atoms with Gasteiger partial charge in [0.1, 0.15) is 0 Å². The van der Waals surface area contributed by atoms with Gasteiger partial charge < -0.3 is 10.6 Å². The number of hydrogen-bond acceptors (Lipinski definition) is 2. The molecule has 0 aromatic heterocycles. The van der Waals surface area contributed by atoms with Gasteiger partial charge >= 0.3 is 6.18 Å². The molecule has 0 bridgehead atoms. The summed E-state index contributed by atoms with van der Waals surface area (Å²) >= 11 is 0. The third-order valence-corrected chi connectivity index (χ3v) is 2.91. The summed E-state index contributed by atoms with van der Waals surface area (Å²) in [6, 6.07) is 5.85. The van der Waals surface area contributed by atoms with Crippen LogP contribution < -0.4 is 10.6 Å². The van der Waals surface area contributed by atoms with E-state index in [-0.39, 0.29) is 0 Å². The van der Waals surface area contributed by atoms with E-state index >= 15 is 0 Å². The SMILES string of the molecule is FC(F)(F)c1ccc(NCCCNC2CC2)cc1. The molecule has 0 aliphatic heterocycles. The Hall–Kier alpha value is -1.23. The highest BCUT2D eigenvalue weighted by molar-refractivity contribution is 5.45. The minimum absolute atomic E-state index is 0.608. The summed E-state index contributed by atoms with van der Waals surface area (Å²) in [5.74, 6) is 0. The average Bonchev–Trinajstić information content (AvgIpc) is 3.12. The predicted octanol–water partition coefficient (Wildman–Crippen LogP) is 3.26. The summed E-state index contributed by atoms with van der Waals surface area (Å²) < 4.78 is 37.0. The monoisotopic (exact) mass is 258 g/mol. The second-order valence-corrected chi connectivity index (χ2v) is 4.58. The van der Waals surface area contributed by atoms with Crippen molar-refractivity contribution in [2.75, 3.05) is 18.4 Å². The topological polar surface area (TPSA) is 24.1 Å². The van der Waals surface area contributed by atoms with Crippen molar-refractivity contribution in [3.05, 3.63) is 29.8 Å². The van der Waals surface area contributed by atoms with Crippen molar-refractivity contribution in [2.45, 2.75) is 31.5 Å². The molecule has 0 heterocycles. The Morgan fingerprint density at radius 2 is 1.72 bits per heavy atom. The van der Waals surface area contributed by atoms with E-state index in [2.05, 4.69) is 10.6 Å². The van der Waals surface area contributed by atoms with Gasteiger partial charge in [-0.25, -0.2) is 0 Å². The van der Waals surface area contributed by atoms with Gasteiger partial charge in [0.15, 0.2) is 0 Å². The maximum Gasteiger partial charge on any atom is 0.416 e. The summed E-state index contributed by atoms with van der Waals surface area (Å²) in [6.45, 7) is 1.73. The summed E-state index contributed by atoms with van der Waals surface area (Å²) in [6.07, 6.45) is -0.747. The van der Waals surface area contributed by atoms with Crippen LogP contribution >= 0.6 is 0 Å². The lowest BCUT2D eigenvalue weighted by molar-refractivity contribution is -0.137. The molecule has 100 valence electrons. The number of halogens is 3. The van der Waals surface area contributed by atoms with Crippen LogP contribution in [0.5, 0.6) is 0 Å². The van der Waals surface area contributed by atoms with Gasteiger partial charge in [0, 0.05) is 18.3 Å². The third kappa shape index (κ3) is 4.22. The molecule has 1 aliphatic rings. The Morgan fingerprint density at radius 1 is 1.06 bits per heavy atom. The second-order valence-electron chi connectivity index (χ2n) is 4.58. The van der Waals surface area contributed by atoms with E-state index in [1.54, 1.807) is 0 Å². The Morgan fingerprint density at radius 3 is 2.28 bits per heavy atom. The molecule has 1 saturated carbocycles. The van der Waals surface area contributed by atoms with Crippen molar-refractivity contribution in [1.82, 2.24) is 5.32 Å². The predicted molar refractivity (Wildman–Crippen MR) is 65.6 cm³/mol. The van der Waals surface area contributed by atoms with Gasteiger partial charge in [-0.2, -0.15) is 13.2 Å². The van der Waals surface area contributed by atoms with E-state index in [4.69, 9.17) is 0 Å². The van der Waals surface area contributed by atoms with Crippen molar-refractivity contribution in [2.24, 2.45) is 0 Å². The molecule has 1 fully saturated rings. The summed E-state index contributed by atoms with van der Waals surface area (Å²) in [7, 11) is 0. The van der Waals surface area contributed by atoms with Gasteiger partial charge in [-0.1, -0.05) is 0 Å². The van der Waals surface area contributed by atoms with Crippen LogP contribution in [0.3, 0.4) is 0 Å². The van der Waals surface area contributed by atoms with E-state index in [1.807, 2.05) is 0 Å². The Labute approximate surface area is 105 Å². The first-order valence-corrected chi connectivity index (χ1v) is 6.20. The third-order valence-electron chi connectivity index (χ3n) is 2.91. The molecule has 0 saturated heterocycles. The van der Waals surface area contributed by atoms with Crippen LogP contribution in [-0.4, -0.2) is 19.1 Å². The summed E-state index contributed by atoms with van der Waals surface area (Å²) in [4.78, 5) is 0. The van der Waals surface area contributed by atoms with Crippen molar-refractivity contribution < 1.29 is 13.2 Å². The van der Waals surface area contributed by atoms with Gasteiger partial charge in [-0.15, -0.1) is 0 Å². The van der Waals surface area contributed by atoms with Gasteiger partial charge in [0.2, 0.25) is 0 Å². The van der Waals surface area contributed by atoms with Gasteiger partial charge in [-0.05, 0) is 50.1 Å². The summed E-state index contributed by atoms with van der Waals surface area (Å²) in [5.41, 5.74) is 0.123. The number of nitrogens with one attached hydrogen (secondary N) is 2. The zero-order valence-corrected chi connectivity index (χ0v) is 10.1. The zero-order valence-electron chi connectivity index (χ0n) is 10.1. The largest absolute Gasteiger partial charge is 0.416 e. The lowest BCUT2D eigenvalue weighted by atomic mass is 10.2. The molecule has 18 heavy (non-hydrogen) atoms. The smallest absolute Gasteiger partial charge is 0.385 e. The van der Waals surface area contributed by atoms with Crippen LogP contribution in [0.4, 0.5) is 18.9 Å². The first-order chi connectivity index (χ1) is 8.55. The molecule has 1 aliphatic carbocycles. The van der Waals surface area contributed by atoms with Crippen LogP contribution in [0.15, 0.2) is 24.3 Å². The lowest BCUT2D eigenvalue weighted by Gasteiger charge is -2.09. The Bertz CT molecular complexity index is 369. The fourth-order valence-electron chi connectivity index (χ4n) is 1.69. The van der Waals surface area contributed by atoms with Gasteiger partial charge in [0.05, 0.1) is 5.56 Å². The van der Waals surface area contributed by atoms with E-state index in [9.17, 15) is 13.2 Å². The van der Waals surface area contributed by atoms with Crippen molar-refractivity contribution >= 4 is 5.69 Å². The molecule has 5 heteroatoms. The fraction of sp³-hybridized carbons (Fsp3) is 0.538. The standard InChI is InChI=1S/C13H17F3N2/c14-13(15,16)10-2-4-11(5-3-10)17-8-1-9-18-12-6-7-12/h2-5,12,17-18H,1,6-9H2. The average molecular weight is 258 g/mol. The molecular weight excluding hydrogens is 241 g/mol. The minimum atomic E-state index is -4.26. The highest BCUT2D eigenvalue weighted by atomic mass is 19.4. The first kappa shape index (κ1) is 13.2. The van der Waals surface area contributed by atoms with E-state index in [0.717, 1.165) is 37.3 Å². The second kappa shape index (κ2) is 5.61. The number of hydrogen-bond donors (Lipinski definition) is 2. The lowest BCUT2D eigenvalue weighted by Crippen LogP contribution is -2.19. The number of rotatable bonds is 6. The Kier molecular flexibility index (Phi) is 4.11. The van der Waals surface area contributed by atoms with Crippen LogP contribution in [0.1, 0.15) is 24.8 Å². The minimum Gasteiger partial charge on any atom is -0.385 e. The highest BCUT2D eigenvalue weighted by Gasteiger charge is 2.29. The fourth-order valence-corrected chi connectivity index (χ4v) is 1.69. The van der Waals surface area contributed by atoms with Gasteiger partial charge in [0.25, 0.3) is 0 Å². The van der Waals surface area contributed by atoms with Gasteiger partial charge in [-0.3, -0.25) is 0 Å². The quantitative estimate of drug-likeness (QED) is 0.765. The van der Waals surface area contributed by atoms with Crippen molar-refractivity contribution in [3.8, 4) is 0 Å². The number of alkyl halides is 3. The van der Waals surface area contributed by atoms with Crippen LogP contribution in [0, 0.1) is 0 Å². The molecule has 0 spiro atoms. The first-order valence-electron chi connectivity index (χ1n) is 6.20. The molecule has 2 rings (SSSR count). The molecule has 0 radical (unpaired) electrons. The number of anilines is 1. The van der Waals surface area contributed by atoms with E-state index in [0.29, 0.717) is 6.04 Å². The molecule has 0 atom stereocenters. The van der Waals surface area contributed by atoms with Crippen molar-refractivity contribution in [1.29, 1.82) is 0 Å². The molecular formula is C13H17F3N2. The molecule has 2 nitrogen and oxygen atoms in total. The Balaban J connectivity index is 1.69. The number of benzene rings is 1. The van der Waals surface area contributed by atoms with E-state index < -0.39 is 11.7 Å². The molecule has 0 amide bonds. The maximum atomic E-state index is 12.3. The summed E-state index contributed by atoms with van der Waals surface area (Å²) in [5, 5.41) is 6.49. The molecule has 0 unspecified atom stereocenters. The normalized spacial score (nSPS) is 15.7. The van der Waals surface area contributed by atoms with Crippen LogP contribution in [-0.2, 0) is 6.18 Å². The highest BCUT2D eigenvalue weighted by Crippen LogP contribution is 2.29. The molecule has 2 N–H and O–H groups in total. The van der Waals surface area contributed by atoms with Crippen LogP contribution in [0.2, 0.25) is 0 Å². The van der Waals surface area contributed by atoms with E-state index in [1.165, 1.54) is 25.0 Å². The maximum absolute atomic E-state index is 12.3. The van der Waals surface area contributed by atoms with Crippen molar-refractivity contribution in [3.63, 3.8) is 0 Å². The zero-order chi connectivity index (χ0) is 13.0. The molecule has 1 aromatic carbocycles. The van der Waals surface area contributed by atoms with Crippen LogP contribution in [0.25, 0.3) is 0 Å². The molecule has 1 aromatic rings.